The van der Waals surface area contributed by atoms with Crippen LogP contribution in [0.2, 0.25) is 0 Å². The molecule has 1 aliphatic heterocycles. The number of pyridine rings is 1. The molecule has 3 heteroatoms. The highest BCUT2D eigenvalue weighted by Gasteiger charge is 2.26. The van der Waals surface area contributed by atoms with Crippen molar-refractivity contribution < 1.29 is 4.79 Å². The van der Waals surface area contributed by atoms with Crippen LogP contribution >= 0.6 is 0 Å². The van der Waals surface area contributed by atoms with E-state index in [1.807, 2.05) is 53.6 Å². The fourth-order valence-electron chi connectivity index (χ4n) is 2.94. The van der Waals surface area contributed by atoms with Crippen LogP contribution in [-0.2, 0) is 4.79 Å². The highest BCUT2D eigenvalue weighted by atomic mass is 16.2. The molecule has 112 valence electrons. The first-order chi connectivity index (χ1) is 10.8. The monoisotopic (exact) mass is 292 g/mol. The van der Waals surface area contributed by atoms with Gasteiger partial charge in [0.25, 0.3) is 0 Å². The third kappa shape index (κ3) is 3.42. The summed E-state index contributed by atoms with van der Waals surface area (Å²) in [5, 5.41) is 0. The Kier molecular flexibility index (Phi) is 4.64. The number of carbonyl (C=O) groups is 1. The van der Waals surface area contributed by atoms with Gasteiger partial charge in [0.2, 0.25) is 5.91 Å². The number of rotatable bonds is 3. The van der Waals surface area contributed by atoms with E-state index in [-0.39, 0.29) is 11.9 Å². The van der Waals surface area contributed by atoms with Crippen molar-refractivity contribution in [3.63, 3.8) is 0 Å². The smallest absolute Gasteiger partial charge is 0.247 e. The van der Waals surface area contributed by atoms with Gasteiger partial charge in [-0.2, -0.15) is 0 Å². The van der Waals surface area contributed by atoms with Crippen molar-refractivity contribution in [2.75, 3.05) is 6.54 Å². The van der Waals surface area contributed by atoms with Crippen LogP contribution in [0.5, 0.6) is 0 Å². The molecule has 1 fully saturated rings. The van der Waals surface area contributed by atoms with Gasteiger partial charge < -0.3 is 4.90 Å². The Morgan fingerprint density at radius 1 is 1.14 bits per heavy atom. The van der Waals surface area contributed by atoms with Crippen molar-refractivity contribution in [2.45, 2.75) is 25.3 Å². The van der Waals surface area contributed by atoms with Gasteiger partial charge in [0, 0.05) is 25.0 Å². The molecule has 22 heavy (non-hydrogen) atoms. The molecule has 1 aliphatic rings. The maximum absolute atomic E-state index is 12.6. The zero-order chi connectivity index (χ0) is 15.2. The summed E-state index contributed by atoms with van der Waals surface area (Å²) in [4.78, 5) is 18.7. The second kappa shape index (κ2) is 7.03. The largest absolute Gasteiger partial charge is 0.332 e. The minimum atomic E-state index is 0.0809. The summed E-state index contributed by atoms with van der Waals surface area (Å²) in [6.45, 7) is 0.817. The summed E-state index contributed by atoms with van der Waals surface area (Å²) in [6, 6.07) is 14.1. The summed E-state index contributed by atoms with van der Waals surface area (Å²) in [6.07, 6.45) is 10.5. The summed E-state index contributed by atoms with van der Waals surface area (Å²) in [5.74, 6) is 0.0809. The Morgan fingerprint density at radius 3 is 2.77 bits per heavy atom. The Balaban J connectivity index is 1.76. The Hall–Kier alpha value is -2.42. The van der Waals surface area contributed by atoms with Crippen molar-refractivity contribution >= 4 is 12.0 Å². The van der Waals surface area contributed by atoms with E-state index >= 15 is 0 Å². The molecule has 0 aliphatic carbocycles. The zero-order valence-electron chi connectivity index (χ0n) is 12.6. The molecule has 2 aromatic rings. The normalized spacial score (nSPS) is 18.5. The van der Waals surface area contributed by atoms with Crippen molar-refractivity contribution in [1.82, 2.24) is 9.88 Å². The first-order valence-corrected chi connectivity index (χ1v) is 7.78. The molecule has 1 atom stereocenters. The second-order valence-corrected chi connectivity index (χ2v) is 5.57. The lowest BCUT2D eigenvalue weighted by Gasteiger charge is -2.35. The first-order valence-electron chi connectivity index (χ1n) is 7.78. The average molecular weight is 292 g/mol. The number of nitrogens with zero attached hydrogens (tertiary/aromatic N) is 2. The van der Waals surface area contributed by atoms with Crippen LogP contribution in [0.3, 0.4) is 0 Å². The standard InChI is InChI=1S/C19H20N2O/c22-19(12-11-16-7-2-1-3-8-16)21-14-5-4-10-18(21)17-9-6-13-20-15-17/h1-3,6-9,11-13,15,18H,4-5,10,14H2/b12-11+/t18-/m0/s1. The molecule has 2 heterocycles. The minimum Gasteiger partial charge on any atom is -0.332 e. The van der Waals surface area contributed by atoms with Crippen LogP contribution in [0, 0.1) is 0 Å². The molecule has 0 radical (unpaired) electrons. The van der Waals surface area contributed by atoms with Gasteiger partial charge >= 0.3 is 0 Å². The summed E-state index contributed by atoms with van der Waals surface area (Å²) in [5.41, 5.74) is 2.18. The Bertz CT molecular complexity index is 637. The van der Waals surface area contributed by atoms with E-state index in [4.69, 9.17) is 0 Å². The lowest BCUT2D eigenvalue weighted by molar-refractivity contribution is -0.129. The Morgan fingerprint density at radius 2 is 2.00 bits per heavy atom. The molecule has 1 amide bonds. The van der Waals surface area contributed by atoms with E-state index in [9.17, 15) is 4.79 Å². The van der Waals surface area contributed by atoms with Gasteiger partial charge in [-0.25, -0.2) is 0 Å². The molecular weight excluding hydrogens is 272 g/mol. The van der Waals surface area contributed by atoms with Crippen molar-refractivity contribution in [1.29, 1.82) is 0 Å². The van der Waals surface area contributed by atoms with Gasteiger partial charge in [0.15, 0.2) is 0 Å². The topological polar surface area (TPSA) is 33.2 Å². The van der Waals surface area contributed by atoms with E-state index < -0.39 is 0 Å². The van der Waals surface area contributed by atoms with Crippen LogP contribution in [0.15, 0.2) is 60.9 Å². The van der Waals surface area contributed by atoms with Crippen LogP contribution in [-0.4, -0.2) is 22.3 Å². The van der Waals surface area contributed by atoms with E-state index in [0.717, 1.165) is 36.9 Å². The summed E-state index contributed by atoms with van der Waals surface area (Å²) in [7, 11) is 0. The molecule has 3 nitrogen and oxygen atoms in total. The average Bonchev–Trinajstić information content (AvgIpc) is 2.61. The van der Waals surface area contributed by atoms with E-state index in [1.165, 1.54) is 0 Å². The molecule has 0 spiro atoms. The molecule has 0 saturated carbocycles. The van der Waals surface area contributed by atoms with Crippen LogP contribution in [0.4, 0.5) is 0 Å². The van der Waals surface area contributed by atoms with E-state index in [2.05, 4.69) is 11.1 Å². The maximum atomic E-state index is 12.6. The predicted molar refractivity (Wildman–Crippen MR) is 88.0 cm³/mol. The first kappa shape index (κ1) is 14.5. The van der Waals surface area contributed by atoms with Gasteiger partial charge in [-0.3, -0.25) is 9.78 Å². The highest BCUT2D eigenvalue weighted by molar-refractivity contribution is 5.92. The minimum absolute atomic E-state index is 0.0809. The highest BCUT2D eigenvalue weighted by Crippen LogP contribution is 2.30. The number of likely N-dealkylation sites (tertiary alicyclic amines) is 1. The van der Waals surface area contributed by atoms with Crippen molar-refractivity contribution in [3.8, 4) is 0 Å². The van der Waals surface area contributed by atoms with Gasteiger partial charge in [-0.05, 0) is 42.5 Å². The van der Waals surface area contributed by atoms with Gasteiger partial charge in [-0.1, -0.05) is 36.4 Å². The fraction of sp³-hybridized carbons (Fsp3) is 0.263. The third-order valence-electron chi connectivity index (χ3n) is 4.07. The molecule has 0 unspecified atom stereocenters. The number of piperidine rings is 1. The van der Waals surface area contributed by atoms with Crippen molar-refractivity contribution in [3.05, 3.63) is 72.1 Å². The SMILES string of the molecule is O=C(/C=C/c1ccccc1)N1CCCC[C@H]1c1cccnc1. The van der Waals surface area contributed by atoms with Gasteiger partial charge in [-0.15, -0.1) is 0 Å². The number of aromatic nitrogens is 1. The second-order valence-electron chi connectivity index (χ2n) is 5.57. The maximum Gasteiger partial charge on any atom is 0.247 e. The third-order valence-corrected chi connectivity index (χ3v) is 4.07. The molecule has 1 aromatic carbocycles. The molecule has 0 bridgehead atoms. The lowest BCUT2D eigenvalue weighted by Crippen LogP contribution is -2.37. The number of benzene rings is 1. The van der Waals surface area contributed by atoms with E-state index in [1.54, 1.807) is 12.3 Å². The molecule has 1 saturated heterocycles. The molecule has 1 aromatic heterocycles. The summed E-state index contributed by atoms with van der Waals surface area (Å²) < 4.78 is 0. The Labute approximate surface area is 131 Å². The fourth-order valence-corrected chi connectivity index (χ4v) is 2.94. The number of carbonyl (C=O) groups excluding carboxylic acids is 1. The quantitative estimate of drug-likeness (QED) is 0.805. The zero-order valence-corrected chi connectivity index (χ0v) is 12.6. The van der Waals surface area contributed by atoms with Crippen LogP contribution in [0.1, 0.15) is 36.4 Å². The van der Waals surface area contributed by atoms with E-state index in [0.29, 0.717) is 0 Å². The predicted octanol–water partition coefficient (Wildman–Crippen LogP) is 3.85. The number of hydrogen-bond acceptors (Lipinski definition) is 2. The van der Waals surface area contributed by atoms with Crippen LogP contribution in [0.25, 0.3) is 6.08 Å². The van der Waals surface area contributed by atoms with Gasteiger partial charge in [0.1, 0.15) is 0 Å². The van der Waals surface area contributed by atoms with Crippen LogP contribution < -0.4 is 0 Å². The molecule has 3 rings (SSSR count). The molecular formula is C19H20N2O. The lowest BCUT2D eigenvalue weighted by atomic mass is 9.96. The van der Waals surface area contributed by atoms with Crippen molar-refractivity contribution in [2.24, 2.45) is 0 Å². The summed E-state index contributed by atoms with van der Waals surface area (Å²) >= 11 is 0. The number of amides is 1. The molecule has 0 N–H and O–H groups in total. The number of hydrogen-bond donors (Lipinski definition) is 0. The van der Waals surface area contributed by atoms with Gasteiger partial charge in [0.05, 0.1) is 6.04 Å².